The molecule has 3 aromatic rings. The van der Waals surface area contributed by atoms with Crippen LogP contribution >= 0.6 is 0 Å². The summed E-state index contributed by atoms with van der Waals surface area (Å²) in [4.78, 5) is 27.4. The first-order valence-corrected chi connectivity index (χ1v) is 12.5. The number of aromatic nitrogens is 3. The molecule has 0 fully saturated rings. The van der Waals surface area contributed by atoms with E-state index in [2.05, 4.69) is 21.7 Å². The van der Waals surface area contributed by atoms with Crippen LogP contribution in [0.1, 0.15) is 51.0 Å². The second kappa shape index (κ2) is 11.8. The van der Waals surface area contributed by atoms with Crippen LogP contribution in [-0.2, 0) is 22.7 Å². The fraction of sp³-hybridized carbons (Fsp3) is 0.407. The first-order valence-electron chi connectivity index (χ1n) is 12.5. The molecule has 2 radical (unpaired) electrons. The van der Waals surface area contributed by atoms with Gasteiger partial charge in [-0.3, -0.25) is 9.59 Å². The van der Waals surface area contributed by atoms with Gasteiger partial charge in [-0.1, -0.05) is 73.8 Å². The van der Waals surface area contributed by atoms with Crippen molar-refractivity contribution in [3.05, 3.63) is 54.1 Å². The van der Waals surface area contributed by atoms with Crippen molar-refractivity contribution in [1.82, 2.24) is 20.3 Å². The molecule has 2 aromatic carbocycles. The molecule has 1 aliphatic heterocycles. The number of fused-ring (bicyclic) bond motifs is 5. The molecule has 180 valence electrons. The molecular formula is C27H32BN5O2. The van der Waals surface area contributed by atoms with Crippen LogP contribution in [0.5, 0.6) is 0 Å². The highest BCUT2D eigenvalue weighted by Crippen LogP contribution is 2.41. The zero-order chi connectivity index (χ0) is 24.6. The van der Waals surface area contributed by atoms with Crippen molar-refractivity contribution in [3.8, 4) is 22.5 Å². The predicted octanol–water partition coefficient (Wildman–Crippen LogP) is 4.52. The molecule has 0 saturated carbocycles. The number of carbonyl (C=O) groups is 2. The van der Waals surface area contributed by atoms with Crippen LogP contribution in [0.2, 0.25) is 6.32 Å². The molecule has 0 unspecified atom stereocenters. The highest BCUT2D eigenvalue weighted by Gasteiger charge is 2.29. The minimum Gasteiger partial charge on any atom is -0.356 e. The van der Waals surface area contributed by atoms with E-state index in [4.69, 9.17) is 7.85 Å². The Morgan fingerprint density at radius 2 is 1.77 bits per heavy atom. The van der Waals surface area contributed by atoms with Crippen LogP contribution in [0.15, 0.2) is 48.5 Å². The summed E-state index contributed by atoms with van der Waals surface area (Å²) in [5.74, 6) is -0.183. The SMILES string of the molecule is [B]CCCCCn1nnc2c1-c1ccccc1CN(C(=O)CCC(=O)NCCC)c1ccccc1-2. The number of anilines is 1. The molecule has 0 aliphatic carbocycles. The van der Waals surface area contributed by atoms with Crippen molar-refractivity contribution in [3.63, 3.8) is 0 Å². The lowest BCUT2D eigenvalue weighted by molar-refractivity contribution is -0.125. The average Bonchev–Trinajstić information content (AvgIpc) is 3.29. The third-order valence-electron chi connectivity index (χ3n) is 6.30. The van der Waals surface area contributed by atoms with Crippen LogP contribution in [0.3, 0.4) is 0 Å². The van der Waals surface area contributed by atoms with Crippen LogP contribution in [-0.4, -0.2) is 41.2 Å². The van der Waals surface area contributed by atoms with E-state index in [1.54, 1.807) is 4.90 Å². The normalized spacial score (nSPS) is 12.2. The molecule has 2 heterocycles. The summed E-state index contributed by atoms with van der Waals surface area (Å²) in [6, 6.07) is 15.9. The van der Waals surface area contributed by atoms with Gasteiger partial charge in [0.2, 0.25) is 11.8 Å². The van der Waals surface area contributed by atoms with Crippen molar-refractivity contribution in [2.75, 3.05) is 11.4 Å². The second-order valence-corrected chi connectivity index (χ2v) is 8.86. The van der Waals surface area contributed by atoms with E-state index in [1.807, 2.05) is 54.1 Å². The molecule has 8 heteroatoms. The van der Waals surface area contributed by atoms with E-state index in [9.17, 15) is 9.59 Å². The molecule has 1 N–H and O–H groups in total. The molecule has 0 saturated heterocycles. The first-order chi connectivity index (χ1) is 17.1. The van der Waals surface area contributed by atoms with E-state index in [0.717, 1.165) is 66.0 Å². The van der Waals surface area contributed by atoms with Gasteiger partial charge in [0.15, 0.2) is 0 Å². The largest absolute Gasteiger partial charge is 0.356 e. The maximum Gasteiger partial charge on any atom is 0.227 e. The standard InChI is InChI=1S/C27H32BN5O2/c1-2-17-29-24(34)14-15-25(35)32-19-20-10-4-5-11-21(20)27-26(22-12-6-7-13-23(22)32)30-31-33(27)18-9-3-8-16-28/h4-7,10-13H,2-3,8-9,14-19H2,1H3,(H,29,34). The summed E-state index contributed by atoms with van der Waals surface area (Å²) in [5.41, 5.74) is 5.46. The zero-order valence-corrected chi connectivity index (χ0v) is 20.4. The van der Waals surface area contributed by atoms with Crippen molar-refractivity contribution in [2.24, 2.45) is 0 Å². The maximum absolute atomic E-state index is 13.4. The lowest BCUT2D eigenvalue weighted by Gasteiger charge is -2.28. The molecular weight excluding hydrogens is 437 g/mol. The number of unbranched alkanes of at least 4 members (excludes halogenated alkanes) is 2. The van der Waals surface area contributed by atoms with E-state index in [0.29, 0.717) is 19.4 Å². The molecule has 4 rings (SSSR count). The minimum atomic E-state index is -0.0965. The number of nitrogens with one attached hydrogen (secondary N) is 1. The Bertz CT molecular complexity index is 1180. The van der Waals surface area contributed by atoms with Crippen molar-refractivity contribution in [1.29, 1.82) is 0 Å². The van der Waals surface area contributed by atoms with E-state index in [-0.39, 0.29) is 24.7 Å². The van der Waals surface area contributed by atoms with Crippen molar-refractivity contribution in [2.45, 2.75) is 64.9 Å². The number of benzene rings is 2. The number of amides is 2. The summed E-state index contributed by atoms with van der Waals surface area (Å²) < 4.78 is 1.98. The number of aryl methyl sites for hydroxylation is 1. The van der Waals surface area contributed by atoms with E-state index in [1.165, 1.54) is 0 Å². The highest BCUT2D eigenvalue weighted by molar-refractivity contribution is 6.08. The van der Waals surface area contributed by atoms with Crippen LogP contribution in [0.25, 0.3) is 22.5 Å². The van der Waals surface area contributed by atoms with Gasteiger partial charge in [-0.05, 0) is 24.5 Å². The number of carbonyl (C=O) groups excluding carboxylic acids is 2. The van der Waals surface area contributed by atoms with Gasteiger partial charge in [-0.15, -0.1) is 5.10 Å². The minimum absolute atomic E-state index is 0.0865. The third-order valence-corrected chi connectivity index (χ3v) is 6.30. The predicted molar refractivity (Wildman–Crippen MR) is 139 cm³/mol. The topological polar surface area (TPSA) is 80.1 Å². The Labute approximate surface area is 208 Å². The summed E-state index contributed by atoms with van der Waals surface area (Å²) in [6.45, 7) is 3.80. The average molecular weight is 469 g/mol. The maximum atomic E-state index is 13.4. The number of hydrogen-bond donors (Lipinski definition) is 1. The van der Waals surface area contributed by atoms with Gasteiger partial charge in [0.25, 0.3) is 0 Å². The highest BCUT2D eigenvalue weighted by atomic mass is 16.2. The third kappa shape index (κ3) is 5.64. The van der Waals surface area contributed by atoms with Gasteiger partial charge in [0.05, 0.1) is 25.8 Å². The zero-order valence-electron chi connectivity index (χ0n) is 20.4. The number of hydrogen-bond acceptors (Lipinski definition) is 4. The quantitative estimate of drug-likeness (QED) is 0.350. The molecule has 0 bridgehead atoms. The molecule has 2 amide bonds. The van der Waals surface area contributed by atoms with Gasteiger partial charge < -0.3 is 10.2 Å². The second-order valence-electron chi connectivity index (χ2n) is 8.86. The first kappa shape index (κ1) is 24.7. The van der Waals surface area contributed by atoms with Gasteiger partial charge in [0, 0.05) is 37.1 Å². The Hall–Kier alpha value is -3.42. The summed E-state index contributed by atoms with van der Waals surface area (Å²) in [5, 5.41) is 11.9. The lowest BCUT2D eigenvalue weighted by atomic mass is 9.95. The van der Waals surface area contributed by atoms with Gasteiger partial charge in [0.1, 0.15) is 5.69 Å². The summed E-state index contributed by atoms with van der Waals surface area (Å²) in [7, 11) is 5.66. The van der Waals surface area contributed by atoms with Crippen LogP contribution < -0.4 is 10.2 Å². The van der Waals surface area contributed by atoms with Crippen molar-refractivity contribution >= 4 is 25.3 Å². The molecule has 0 atom stereocenters. The Kier molecular flexibility index (Phi) is 8.34. The molecule has 0 spiro atoms. The van der Waals surface area contributed by atoms with Crippen LogP contribution in [0.4, 0.5) is 5.69 Å². The lowest BCUT2D eigenvalue weighted by Crippen LogP contribution is -2.33. The smallest absolute Gasteiger partial charge is 0.227 e. The number of para-hydroxylation sites is 1. The fourth-order valence-corrected chi connectivity index (χ4v) is 4.48. The summed E-state index contributed by atoms with van der Waals surface area (Å²) in [6.07, 6.45) is 4.88. The van der Waals surface area contributed by atoms with E-state index < -0.39 is 0 Å². The van der Waals surface area contributed by atoms with Crippen LogP contribution in [0, 0.1) is 0 Å². The Morgan fingerprint density at radius 1 is 1.00 bits per heavy atom. The van der Waals surface area contributed by atoms with Gasteiger partial charge >= 0.3 is 0 Å². The Morgan fingerprint density at radius 3 is 2.57 bits per heavy atom. The van der Waals surface area contributed by atoms with Gasteiger partial charge in [-0.2, -0.15) is 0 Å². The molecule has 1 aliphatic rings. The van der Waals surface area contributed by atoms with E-state index >= 15 is 0 Å². The molecule has 7 nitrogen and oxygen atoms in total. The number of rotatable bonds is 10. The monoisotopic (exact) mass is 469 g/mol. The Balaban J connectivity index is 1.71. The summed E-state index contributed by atoms with van der Waals surface area (Å²) >= 11 is 0. The fourth-order valence-electron chi connectivity index (χ4n) is 4.48. The number of nitrogens with zero attached hydrogens (tertiary/aromatic N) is 4. The molecule has 1 aromatic heterocycles. The molecule has 35 heavy (non-hydrogen) atoms. The van der Waals surface area contributed by atoms with Crippen molar-refractivity contribution < 1.29 is 9.59 Å². The van der Waals surface area contributed by atoms with Gasteiger partial charge in [-0.25, -0.2) is 4.68 Å².